The average molecular weight is 318 g/mol. The van der Waals surface area contributed by atoms with E-state index in [0.717, 1.165) is 23.1 Å². The fraction of sp³-hybridized carbons (Fsp3) is 0.412. The maximum atomic E-state index is 12.1. The van der Waals surface area contributed by atoms with Gasteiger partial charge in [0.1, 0.15) is 5.75 Å². The standard InChI is InChI=1S/C17H22N2O4/c1-22-9-3-8-18-16(20)7-4-12-10-13-11-14(23-2)5-6-15(13)19-17(12)21/h5-6,10-11H,3-4,7-9H2,1-2H3,(H,18,20)(H,19,21). The highest BCUT2D eigenvalue weighted by Gasteiger charge is 2.07. The van der Waals surface area contributed by atoms with Gasteiger partial charge in [0.25, 0.3) is 5.56 Å². The van der Waals surface area contributed by atoms with Crippen LogP contribution in [0.1, 0.15) is 18.4 Å². The molecule has 0 bridgehead atoms. The molecule has 0 aliphatic carbocycles. The predicted molar refractivity (Wildman–Crippen MR) is 88.9 cm³/mol. The SMILES string of the molecule is COCCCNC(=O)CCc1cc2cc(OC)ccc2[nH]c1=O. The molecule has 1 aromatic carbocycles. The lowest BCUT2D eigenvalue weighted by Gasteiger charge is -2.06. The Balaban J connectivity index is 2.00. The fourth-order valence-electron chi connectivity index (χ4n) is 2.32. The normalized spacial score (nSPS) is 10.7. The molecular weight excluding hydrogens is 296 g/mol. The van der Waals surface area contributed by atoms with Crippen LogP contribution in [0.5, 0.6) is 5.75 Å². The van der Waals surface area contributed by atoms with Gasteiger partial charge in [-0.15, -0.1) is 0 Å². The lowest BCUT2D eigenvalue weighted by Crippen LogP contribution is -2.26. The molecule has 0 radical (unpaired) electrons. The van der Waals surface area contributed by atoms with Crippen molar-refractivity contribution in [2.45, 2.75) is 19.3 Å². The minimum absolute atomic E-state index is 0.0637. The van der Waals surface area contributed by atoms with Gasteiger partial charge in [0.05, 0.1) is 7.11 Å². The topological polar surface area (TPSA) is 80.4 Å². The Kier molecular flexibility index (Phi) is 6.17. The van der Waals surface area contributed by atoms with E-state index in [1.165, 1.54) is 0 Å². The number of rotatable bonds is 8. The summed E-state index contributed by atoms with van der Waals surface area (Å²) in [4.78, 5) is 26.7. The van der Waals surface area contributed by atoms with E-state index >= 15 is 0 Å². The third-order valence-corrected chi connectivity index (χ3v) is 3.60. The van der Waals surface area contributed by atoms with Crippen LogP contribution in [0, 0.1) is 0 Å². The number of amides is 1. The van der Waals surface area contributed by atoms with Crippen LogP contribution in [0.2, 0.25) is 0 Å². The van der Waals surface area contributed by atoms with Gasteiger partial charge >= 0.3 is 0 Å². The summed E-state index contributed by atoms with van der Waals surface area (Å²) in [6.07, 6.45) is 1.46. The number of methoxy groups -OCH3 is 2. The number of nitrogens with one attached hydrogen (secondary N) is 2. The third-order valence-electron chi connectivity index (χ3n) is 3.60. The molecule has 1 heterocycles. The van der Waals surface area contributed by atoms with Crippen molar-refractivity contribution in [2.75, 3.05) is 27.4 Å². The third kappa shape index (κ3) is 4.82. The van der Waals surface area contributed by atoms with Gasteiger partial charge in [-0.1, -0.05) is 0 Å². The lowest BCUT2D eigenvalue weighted by molar-refractivity contribution is -0.121. The molecule has 0 spiro atoms. The van der Waals surface area contributed by atoms with E-state index in [2.05, 4.69) is 10.3 Å². The maximum Gasteiger partial charge on any atom is 0.251 e. The first-order valence-electron chi connectivity index (χ1n) is 7.59. The number of hydrogen-bond acceptors (Lipinski definition) is 4. The number of aromatic amines is 1. The quantitative estimate of drug-likeness (QED) is 0.725. The van der Waals surface area contributed by atoms with Gasteiger partial charge in [-0.25, -0.2) is 0 Å². The second-order valence-corrected chi connectivity index (χ2v) is 5.27. The number of aryl methyl sites for hydroxylation is 1. The molecule has 23 heavy (non-hydrogen) atoms. The van der Waals surface area contributed by atoms with E-state index in [1.807, 2.05) is 18.2 Å². The molecule has 1 amide bonds. The summed E-state index contributed by atoms with van der Waals surface area (Å²) >= 11 is 0. The van der Waals surface area contributed by atoms with Crippen LogP contribution in [-0.4, -0.2) is 38.3 Å². The van der Waals surface area contributed by atoms with Gasteiger partial charge in [-0.05, 0) is 37.1 Å². The Hall–Kier alpha value is -2.34. The fourth-order valence-corrected chi connectivity index (χ4v) is 2.32. The van der Waals surface area contributed by atoms with Crippen LogP contribution in [0.15, 0.2) is 29.1 Å². The number of hydrogen-bond donors (Lipinski definition) is 2. The molecule has 0 aliphatic heterocycles. The summed E-state index contributed by atoms with van der Waals surface area (Å²) in [5.41, 5.74) is 1.19. The molecule has 1 aromatic heterocycles. The number of carbonyl (C=O) groups is 1. The molecule has 0 saturated heterocycles. The molecule has 2 aromatic rings. The van der Waals surface area contributed by atoms with Gasteiger partial charge in [0.15, 0.2) is 0 Å². The summed E-state index contributed by atoms with van der Waals surface area (Å²) in [6, 6.07) is 7.28. The zero-order valence-corrected chi connectivity index (χ0v) is 13.5. The Morgan fingerprint density at radius 3 is 2.83 bits per heavy atom. The minimum atomic E-state index is -0.158. The first-order chi connectivity index (χ1) is 11.1. The Morgan fingerprint density at radius 1 is 1.26 bits per heavy atom. The minimum Gasteiger partial charge on any atom is -0.497 e. The van der Waals surface area contributed by atoms with Gasteiger partial charge in [0, 0.05) is 43.1 Å². The second-order valence-electron chi connectivity index (χ2n) is 5.27. The summed E-state index contributed by atoms with van der Waals surface area (Å²) in [5, 5.41) is 3.70. The second kappa shape index (κ2) is 8.33. The van der Waals surface area contributed by atoms with Gasteiger partial charge in [0.2, 0.25) is 5.91 Å². The van der Waals surface area contributed by atoms with Crippen LogP contribution in [0.3, 0.4) is 0 Å². The van der Waals surface area contributed by atoms with Crippen LogP contribution < -0.4 is 15.6 Å². The van der Waals surface area contributed by atoms with Crippen molar-refractivity contribution in [1.29, 1.82) is 0 Å². The van der Waals surface area contributed by atoms with Crippen LogP contribution in [-0.2, 0) is 16.0 Å². The first kappa shape index (κ1) is 17.0. The molecular formula is C17H22N2O4. The molecule has 0 fully saturated rings. The number of pyridine rings is 1. The summed E-state index contributed by atoms with van der Waals surface area (Å²) < 4.78 is 10.1. The summed E-state index contributed by atoms with van der Waals surface area (Å²) in [5.74, 6) is 0.664. The zero-order valence-electron chi connectivity index (χ0n) is 13.5. The van der Waals surface area contributed by atoms with E-state index in [-0.39, 0.29) is 17.9 Å². The molecule has 6 heteroatoms. The van der Waals surface area contributed by atoms with Crippen molar-refractivity contribution in [3.8, 4) is 5.75 Å². The maximum absolute atomic E-state index is 12.1. The first-order valence-corrected chi connectivity index (χ1v) is 7.59. The highest BCUT2D eigenvalue weighted by molar-refractivity contribution is 5.81. The number of carbonyl (C=O) groups excluding carboxylic acids is 1. The van der Waals surface area contributed by atoms with Gasteiger partial charge < -0.3 is 19.8 Å². The monoisotopic (exact) mass is 318 g/mol. The molecule has 124 valence electrons. The van der Waals surface area contributed by atoms with Crippen molar-refractivity contribution in [2.24, 2.45) is 0 Å². The average Bonchev–Trinajstić information content (AvgIpc) is 2.56. The van der Waals surface area contributed by atoms with Crippen molar-refractivity contribution in [1.82, 2.24) is 10.3 Å². The smallest absolute Gasteiger partial charge is 0.251 e. The highest BCUT2D eigenvalue weighted by atomic mass is 16.5. The Morgan fingerprint density at radius 2 is 2.09 bits per heavy atom. The van der Waals surface area contributed by atoms with E-state index < -0.39 is 0 Å². The number of benzene rings is 1. The molecule has 2 N–H and O–H groups in total. The molecule has 0 unspecified atom stereocenters. The van der Waals surface area contributed by atoms with E-state index in [4.69, 9.17) is 9.47 Å². The van der Waals surface area contributed by atoms with E-state index in [1.54, 1.807) is 20.3 Å². The number of fused-ring (bicyclic) bond motifs is 1. The number of H-pyrrole nitrogens is 1. The van der Waals surface area contributed by atoms with Crippen molar-refractivity contribution in [3.05, 3.63) is 40.2 Å². The van der Waals surface area contributed by atoms with Crippen LogP contribution in [0.25, 0.3) is 10.9 Å². The van der Waals surface area contributed by atoms with Gasteiger partial charge in [-0.3, -0.25) is 9.59 Å². The van der Waals surface area contributed by atoms with E-state index in [9.17, 15) is 9.59 Å². The largest absolute Gasteiger partial charge is 0.497 e. The lowest BCUT2D eigenvalue weighted by atomic mass is 10.1. The molecule has 2 rings (SSSR count). The highest BCUT2D eigenvalue weighted by Crippen LogP contribution is 2.19. The zero-order chi connectivity index (χ0) is 16.7. The predicted octanol–water partition coefficient (Wildman–Crippen LogP) is 1.62. The Bertz CT molecular complexity index is 724. The van der Waals surface area contributed by atoms with Gasteiger partial charge in [-0.2, -0.15) is 0 Å². The summed E-state index contributed by atoms with van der Waals surface area (Å²) in [6.45, 7) is 1.20. The number of ether oxygens (including phenoxy) is 2. The molecule has 0 aliphatic rings. The summed E-state index contributed by atoms with van der Waals surface area (Å²) in [7, 11) is 3.23. The van der Waals surface area contributed by atoms with E-state index in [0.29, 0.717) is 25.1 Å². The molecule has 0 saturated carbocycles. The van der Waals surface area contributed by atoms with Crippen LogP contribution >= 0.6 is 0 Å². The van der Waals surface area contributed by atoms with Crippen molar-refractivity contribution in [3.63, 3.8) is 0 Å². The molecule has 0 atom stereocenters. The van der Waals surface area contributed by atoms with Crippen LogP contribution in [0.4, 0.5) is 0 Å². The van der Waals surface area contributed by atoms with Crippen molar-refractivity contribution < 1.29 is 14.3 Å². The molecule has 6 nitrogen and oxygen atoms in total. The Labute approximate surface area is 134 Å². The number of aromatic nitrogens is 1. The van der Waals surface area contributed by atoms with Crippen molar-refractivity contribution >= 4 is 16.8 Å².